The SMILES string of the molecule is COc1ccc(C(=O)N2CCN(S(=O)(=O)Cc3ccccc3)C2C(=O)NC(CC(=O)O)C2CCCCC2)cc1. The quantitative estimate of drug-likeness (QED) is 0.459. The van der Waals surface area contributed by atoms with Crippen LogP contribution in [0.3, 0.4) is 0 Å². The number of hydrogen-bond acceptors (Lipinski definition) is 6. The van der Waals surface area contributed by atoms with Crippen molar-refractivity contribution in [3.05, 3.63) is 65.7 Å². The van der Waals surface area contributed by atoms with Gasteiger partial charge in [-0.25, -0.2) is 8.42 Å². The predicted molar refractivity (Wildman–Crippen MR) is 144 cm³/mol. The van der Waals surface area contributed by atoms with E-state index in [1.807, 2.05) is 0 Å². The van der Waals surface area contributed by atoms with Crippen LogP contribution in [0.2, 0.25) is 0 Å². The van der Waals surface area contributed by atoms with E-state index < -0.39 is 40.0 Å². The van der Waals surface area contributed by atoms with Crippen LogP contribution < -0.4 is 10.1 Å². The van der Waals surface area contributed by atoms with Crippen molar-refractivity contribution in [3.8, 4) is 5.75 Å². The molecule has 1 aliphatic carbocycles. The molecule has 1 heterocycles. The van der Waals surface area contributed by atoms with E-state index in [9.17, 15) is 27.9 Å². The van der Waals surface area contributed by atoms with Gasteiger partial charge < -0.3 is 20.1 Å². The number of hydrogen-bond donors (Lipinski definition) is 2. The highest BCUT2D eigenvalue weighted by Gasteiger charge is 2.47. The van der Waals surface area contributed by atoms with E-state index in [1.54, 1.807) is 54.6 Å². The number of amides is 2. The number of sulfonamides is 1. The highest BCUT2D eigenvalue weighted by atomic mass is 32.2. The maximum absolute atomic E-state index is 13.8. The molecule has 11 heteroatoms. The highest BCUT2D eigenvalue weighted by molar-refractivity contribution is 7.88. The molecule has 0 bridgehead atoms. The second-order valence-electron chi connectivity index (χ2n) is 10.1. The molecule has 0 aromatic heterocycles. The first-order chi connectivity index (χ1) is 18.7. The number of methoxy groups -OCH3 is 1. The van der Waals surface area contributed by atoms with Crippen molar-refractivity contribution in [3.63, 3.8) is 0 Å². The van der Waals surface area contributed by atoms with Crippen LogP contribution in [0.25, 0.3) is 0 Å². The minimum absolute atomic E-state index is 0.0179. The first-order valence-electron chi connectivity index (χ1n) is 13.2. The van der Waals surface area contributed by atoms with Gasteiger partial charge in [0.25, 0.3) is 11.8 Å². The molecule has 2 fully saturated rings. The maximum Gasteiger partial charge on any atom is 0.305 e. The van der Waals surface area contributed by atoms with Crippen LogP contribution in [0.15, 0.2) is 54.6 Å². The smallest absolute Gasteiger partial charge is 0.305 e. The largest absolute Gasteiger partial charge is 0.497 e. The van der Waals surface area contributed by atoms with Crippen molar-refractivity contribution in [2.24, 2.45) is 5.92 Å². The molecule has 4 rings (SSSR count). The van der Waals surface area contributed by atoms with Crippen LogP contribution in [0.5, 0.6) is 5.75 Å². The first kappa shape index (κ1) is 28.6. The van der Waals surface area contributed by atoms with Gasteiger partial charge in [0, 0.05) is 24.7 Å². The van der Waals surface area contributed by atoms with Crippen molar-refractivity contribution in [1.29, 1.82) is 0 Å². The highest BCUT2D eigenvalue weighted by Crippen LogP contribution is 2.29. The zero-order valence-electron chi connectivity index (χ0n) is 22.0. The molecule has 1 aliphatic heterocycles. The lowest BCUT2D eigenvalue weighted by molar-refractivity contribution is -0.138. The van der Waals surface area contributed by atoms with Crippen LogP contribution in [0.1, 0.15) is 54.4 Å². The Kier molecular flexibility index (Phi) is 9.24. The van der Waals surface area contributed by atoms with E-state index in [0.29, 0.717) is 11.3 Å². The molecule has 2 unspecified atom stereocenters. The fourth-order valence-corrected chi connectivity index (χ4v) is 7.12. The zero-order valence-corrected chi connectivity index (χ0v) is 22.8. The number of nitrogens with zero attached hydrogens (tertiary/aromatic N) is 2. The molecule has 2 amide bonds. The summed E-state index contributed by atoms with van der Waals surface area (Å²) in [4.78, 5) is 40.3. The molecule has 2 N–H and O–H groups in total. The summed E-state index contributed by atoms with van der Waals surface area (Å²) in [5.41, 5.74) is 0.841. The van der Waals surface area contributed by atoms with Crippen LogP contribution in [0, 0.1) is 5.92 Å². The molecule has 210 valence electrons. The van der Waals surface area contributed by atoms with Crippen molar-refractivity contribution >= 4 is 27.8 Å². The Bertz CT molecular complexity index is 1260. The van der Waals surface area contributed by atoms with Gasteiger partial charge in [0.15, 0.2) is 6.17 Å². The number of carboxylic acids is 1. The summed E-state index contributed by atoms with van der Waals surface area (Å²) in [6, 6.07) is 14.3. The molecular weight excluding hydrogens is 522 g/mol. The lowest BCUT2D eigenvalue weighted by atomic mass is 9.82. The van der Waals surface area contributed by atoms with Crippen molar-refractivity contribution in [1.82, 2.24) is 14.5 Å². The molecule has 1 saturated carbocycles. The van der Waals surface area contributed by atoms with Gasteiger partial charge in [0.1, 0.15) is 5.75 Å². The average Bonchev–Trinajstić information content (AvgIpc) is 3.39. The summed E-state index contributed by atoms with van der Waals surface area (Å²) in [6.07, 6.45) is 2.81. The molecule has 39 heavy (non-hydrogen) atoms. The zero-order chi connectivity index (χ0) is 28.0. The molecule has 2 atom stereocenters. The van der Waals surface area contributed by atoms with E-state index in [0.717, 1.165) is 36.4 Å². The van der Waals surface area contributed by atoms with Gasteiger partial charge in [-0.2, -0.15) is 4.31 Å². The minimum Gasteiger partial charge on any atom is -0.497 e. The summed E-state index contributed by atoms with van der Waals surface area (Å²) in [7, 11) is -2.50. The van der Waals surface area contributed by atoms with Crippen molar-refractivity contribution < 1.29 is 32.6 Å². The third-order valence-electron chi connectivity index (χ3n) is 7.45. The second-order valence-corrected chi connectivity index (χ2v) is 12.0. The number of carbonyl (C=O) groups is 3. The second kappa shape index (κ2) is 12.6. The van der Waals surface area contributed by atoms with E-state index in [2.05, 4.69) is 5.32 Å². The normalized spacial score (nSPS) is 19.4. The van der Waals surface area contributed by atoms with Crippen LogP contribution in [-0.2, 0) is 25.4 Å². The topological polar surface area (TPSA) is 133 Å². The number of carboxylic acid groups (broad SMARTS) is 1. The summed E-state index contributed by atoms with van der Waals surface area (Å²) in [5, 5.41) is 12.4. The maximum atomic E-state index is 13.8. The lowest BCUT2D eigenvalue weighted by Crippen LogP contribution is -2.57. The molecule has 10 nitrogen and oxygen atoms in total. The summed E-state index contributed by atoms with van der Waals surface area (Å²) >= 11 is 0. The van der Waals surface area contributed by atoms with Gasteiger partial charge in [-0.05, 0) is 48.6 Å². The van der Waals surface area contributed by atoms with Gasteiger partial charge in [0.05, 0.1) is 19.3 Å². The lowest BCUT2D eigenvalue weighted by Gasteiger charge is -2.34. The van der Waals surface area contributed by atoms with E-state index in [1.165, 1.54) is 12.0 Å². The number of ether oxygens (including phenoxy) is 1. The molecule has 0 spiro atoms. The third kappa shape index (κ3) is 6.96. The van der Waals surface area contributed by atoms with E-state index in [-0.39, 0.29) is 36.7 Å². The van der Waals surface area contributed by atoms with Gasteiger partial charge >= 0.3 is 5.97 Å². The summed E-state index contributed by atoms with van der Waals surface area (Å²) in [6.45, 7) is -0.0355. The number of benzene rings is 2. The molecule has 2 aromatic carbocycles. The molecular formula is C28H35N3O7S. The Morgan fingerprint density at radius 1 is 1.00 bits per heavy atom. The molecule has 1 saturated heterocycles. The monoisotopic (exact) mass is 557 g/mol. The predicted octanol–water partition coefficient (Wildman–Crippen LogP) is 2.85. The summed E-state index contributed by atoms with van der Waals surface area (Å²) < 4.78 is 33.4. The molecule has 2 aliphatic rings. The van der Waals surface area contributed by atoms with Gasteiger partial charge in [-0.1, -0.05) is 49.6 Å². The Morgan fingerprint density at radius 3 is 2.28 bits per heavy atom. The number of rotatable bonds is 10. The van der Waals surface area contributed by atoms with Gasteiger partial charge in [0.2, 0.25) is 10.0 Å². The average molecular weight is 558 g/mol. The van der Waals surface area contributed by atoms with Crippen LogP contribution >= 0.6 is 0 Å². The Morgan fingerprint density at radius 2 is 1.67 bits per heavy atom. The summed E-state index contributed by atoms with van der Waals surface area (Å²) in [5.74, 6) is -2.04. The van der Waals surface area contributed by atoms with E-state index in [4.69, 9.17) is 4.74 Å². The van der Waals surface area contributed by atoms with Crippen LogP contribution in [0.4, 0.5) is 0 Å². The molecule has 0 radical (unpaired) electrons. The number of aliphatic carboxylic acids is 1. The first-order valence-corrected chi connectivity index (χ1v) is 14.8. The van der Waals surface area contributed by atoms with Crippen LogP contribution in [-0.4, -0.2) is 72.9 Å². The van der Waals surface area contributed by atoms with Gasteiger partial charge in [-0.15, -0.1) is 0 Å². The fraction of sp³-hybridized carbons (Fsp3) is 0.464. The molecule has 2 aromatic rings. The number of carbonyl (C=O) groups excluding carboxylic acids is 2. The Labute approximate surface area is 229 Å². The third-order valence-corrected chi connectivity index (χ3v) is 9.25. The Hall–Kier alpha value is -3.44. The van der Waals surface area contributed by atoms with Crippen molar-refractivity contribution in [2.45, 2.75) is 56.5 Å². The number of nitrogens with one attached hydrogen (secondary N) is 1. The standard InChI is InChI=1S/C28H35N3O7S/c1-38-23-14-12-22(13-15-23)28(35)30-16-17-31(39(36,37)19-20-8-4-2-5-9-20)27(30)26(34)29-24(18-25(32)33)21-10-6-3-7-11-21/h2,4-5,8-9,12-15,21,24,27H,3,6-7,10-11,16-19H2,1H3,(H,29,34)(H,32,33). The van der Waals surface area contributed by atoms with E-state index >= 15 is 0 Å². The van der Waals surface area contributed by atoms with Crippen molar-refractivity contribution in [2.75, 3.05) is 20.2 Å². The fourth-order valence-electron chi connectivity index (χ4n) is 5.47. The Balaban J connectivity index is 1.64. The minimum atomic E-state index is -4.01. The van der Waals surface area contributed by atoms with Gasteiger partial charge in [-0.3, -0.25) is 14.4 Å².